The molecule has 1 aliphatic carbocycles. The van der Waals surface area contributed by atoms with Gasteiger partial charge in [0.2, 0.25) is 5.91 Å². The fourth-order valence-corrected chi connectivity index (χ4v) is 3.07. The van der Waals surface area contributed by atoms with Crippen molar-refractivity contribution >= 4 is 11.6 Å². The van der Waals surface area contributed by atoms with E-state index in [2.05, 4.69) is 11.4 Å². The van der Waals surface area contributed by atoms with Gasteiger partial charge in [-0.2, -0.15) is 5.26 Å². The Labute approximate surface area is 148 Å². The van der Waals surface area contributed by atoms with Crippen molar-refractivity contribution in [3.8, 4) is 11.8 Å². The number of carbonyl (C=O) groups excluding carboxylic acids is 1. The minimum Gasteiger partial charge on any atom is -0.490 e. The van der Waals surface area contributed by atoms with Crippen LogP contribution in [0.1, 0.15) is 43.2 Å². The Balaban J connectivity index is 1.50. The van der Waals surface area contributed by atoms with Gasteiger partial charge in [0.15, 0.2) is 0 Å². The van der Waals surface area contributed by atoms with Gasteiger partial charge >= 0.3 is 0 Å². The van der Waals surface area contributed by atoms with Crippen LogP contribution in [0.5, 0.6) is 5.75 Å². The van der Waals surface area contributed by atoms with Crippen molar-refractivity contribution in [3.63, 3.8) is 0 Å². The first-order valence-corrected chi connectivity index (χ1v) is 8.78. The van der Waals surface area contributed by atoms with Crippen LogP contribution in [0, 0.1) is 11.3 Å². The molecule has 1 aliphatic rings. The van der Waals surface area contributed by atoms with Gasteiger partial charge in [-0.25, -0.2) is 0 Å². The predicted octanol–water partition coefficient (Wildman–Crippen LogP) is 4.45. The molecule has 0 unspecified atom stereocenters. The smallest absolute Gasteiger partial charge is 0.224 e. The van der Waals surface area contributed by atoms with Gasteiger partial charge < -0.3 is 10.1 Å². The molecule has 0 bridgehead atoms. The molecule has 0 radical (unpaired) electrons. The van der Waals surface area contributed by atoms with Crippen molar-refractivity contribution in [2.45, 2.75) is 44.6 Å². The Morgan fingerprint density at radius 1 is 1.16 bits per heavy atom. The quantitative estimate of drug-likeness (QED) is 0.849. The van der Waals surface area contributed by atoms with Gasteiger partial charge in [0.25, 0.3) is 0 Å². The number of hydrogen-bond acceptors (Lipinski definition) is 3. The summed E-state index contributed by atoms with van der Waals surface area (Å²) in [5.74, 6) is 0.791. The van der Waals surface area contributed by atoms with E-state index in [9.17, 15) is 4.79 Å². The molecule has 4 nitrogen and oxygen atoms in total. The molecular weight excluding hydrogens is 312 g/mol. The van der Waals surface area contributed by atoms with E-state index >= 15 is 0 Å². The zero-order valence-electron chi connectivity index (χ0n) is 14.2. The number of nitriles is 1. The maximum absolute atomic E-state index is 12.2. The lowest BCUT2D eigenvalue weighted by Crippen LogP contribution is -2.13. The summed E-state index contributed by atoms with van der Waals surface area (Å²) in [5, 5.41) is 11.7. The number of anilines is 1. The van der Waals surface area contributed by atoms with Crippen LogP contribution in [0.4, 0.5) is 5.69 Å². The second-order valence-electron chi connectivity index (χ2n) is 6.41. The largest absolute Gasteiger partial charge is 0.490 e. The lowest BCUT2D eigenvalue weighted by molar-refractivity contribution is -0.116. The van der Waals surface area contributed by atoms with E-state index in [1.807, 2.05) is 36.4 Å². The van der Waals surface area contributed by atoms with E-state index in [0.717, 1.165) is 29.8 Å². The summed E-state index contributed by atoms with van der Waals surface area (Å²) in [4.78, 5) is 12.2. The molecule has 1 N–H and O–H groups in total. The normalized spacial score (nSPS) is 14.0. The third-order valence-corrected chi connectivity index (χ3v) is 4.45. The molecule has 25 heavy (non-hydrogen) atoms. The Kier molecular flexibility index (Phi) is 5.69. The molecule has 1 saturated carbocycles. The molecule has 3 rings (SSSR count). The number of carbonyl (C=O) groups is 1. The molecule has 0 aromatic heterocycles. The SMILES string of the molecule is N#Cc1ccc(CCC(=O)Nc2cccc(OC3CCCC3)c2)cc1. The van der Waals surface area contributed by atoms with Crippen molar-refractivity contribution in [2.75, 3.05) is 5.32 Å². The summed E-state index contributed by atoms with van der Waals surface area (Å²) in [6.07, 6.45) is 6.05. The van der Waals surface area contributed by atoms with Crippen LogP contribution in [-0.4, -0.2) is 12.0 Å². The van der Waals surface area contributed by atoms with Gasteiger partial charge in [-0.15, -0.1) is 0 Å². The number of amides is 1. The second kappa shape index (κ2) is 8.34. The van der Waals surface area contributed by atoms with Gasteiger partial charge in [-0.3, -0.25) is 4.79 Å². The molecule has 2 aromatic rings. The van der Waals surface area contributed by atoms with Crippen LogP contribution in [0.2, 0.25) is 0 Å². The minimum absolute atomic E-state index is 0.0256. The maximum atomic E-state index is 12.2. The van der Waals surface area contributed by atoms with Gasteiger partial charge in [-0.1, -0.05) is 18.2 Å². The first-order valence-electron chi connectivity index (χ1n) is 8.78. The van der Waals surface area contributed by atoms with Crippen LogP contribution in [0.25, 0.3) is 0 Å². The van der Waals surface area contributed by atoms with Crippen LogP contribution >= 0.6 is 0 Å². The van der Waals surface area contributed by atoms with Gasteiger partial charge in [0.1, 0.15) is 5.75 Å². The predicted molar refractivity (Wildman–Crippen MR) is 97.4 cm³/mol. The van der Waals surface area contributed by atoms with Crippen molar-refractivity contribution in [1.29, 1.82) is 5.26 Å². The molecule has 0 saturated heterocycles. The highest BCUT2D eigenvalue weighted by Gasteiger charge is 2.16. The van der Waals surface area contributed by atoms with Gasteiger partial charge in [0, 0.05) is 18.2 Å². The average molecular weight is 334 g/mol. The summed E-state index contributed by atoms with van der Waals surface area (Å²) in [5.41, 5.74) is 2.44. The molecule has 4 heteroatoms. The van der Waals surface area contributed by atoms with Gasteiger partial charge in [0.05, 0.1) is 17.7 Å². The van der Waals surface area contributed by atoms with E-state index < -0.39 is 0 Å². The summed E-state index contributed by atoms with van der Waals surface area (Å²) in [6, 6.07) is 17.0. The Hall–Kier alpha value is -2.80. The molecular formula is C21H22N2O2. The fourth-order valence-electron chi connectivity index (χ4n) is 3.07. The average Bonchev–Trinajstić information content (AvgIpc) is 3.14. The summed E-state index contributed by atoms with van der Waals surface area (Å²) in [7, 11) is 0. The van der Waals surface area contributed by atoms with Crippen molar-refractivity contribution in [3.05, 3.63) is 59.7 Å². The lowest BCUT2D eigenvalue weighted by Gasteiger charge is -2.14. The highest BCUT2D eigenvalue weighted by Crippen LogP contribution is 2.25. The monoisotopic (exact) mass is 334 g/mol. The number of aryl methyl sites for hydroxylation is 1. The zero-order valence-corrected chi connectivity index (χ0v) is 14.2. The summed E-state index contributed by atoms with van der Waals surface area (Å²) in [6.45, 7) is 0. The van der Waals surface area contributed by atoms with E-state index in [1.54, 1.807) is 12.1 Å². The van der Waals surface area contributed by atoms with E-state index in [4.69, 9.17) is 10.00 Å². The molecule has 1 amide bonds. The highest BCUT2D eigenvalue weighted by atomic mass is 16.5. The number of ether oxygens (including phenoxy) is 1. The molecule has 0 spiro atoms. The first-order chi connectivity index (χ1) is 12.2. The molecule has 1 fully saturated rings. The third-order valence-electron chi connectivity index (χ3n) is 4.45. The van der Waals surface area contributed by atoms with E-state index in [0.29, 0.717) is 24.5 Å². The molecule has 128 valence electrons. The fraction of sp³-hybridized carbons (Fsp3) is 0.333. The number of hydrogen-bond donors (Lipinski definition) is 1. The highest BCUT2D eigenvalue weighted by molar-refractivity contribution is 5.91. The Morgan fingerprint density at radius 3 is 2.64 bits per heavy atom. The zero-order chi connectivity index (χ0) is 17.5. The maximum Gasteiger partial charge on any atom is 0.224 e. The number of nitrogens with zero attached hydrogens (tertiary/aromatic N) is 1. The molecule has 0 heterocycles. The lowest BCUT2D eigenvalue weighted by atomic mass is 10.1. The Bertz CT molecular complexity index is 756. The molecule has 0 aliphatic heterocycles. The first kappa shape index (κ1) is 17.0. The minimum atomic E-state index is -0.0256. The van der Waals surface area contributed by atoms with E-state index in [1.165, 1.54) is 12.8 Å². The second-order valence-corrected chi connectivity index (χ2v) is 6.41. The standard InChI is InChI=1S/C21H22N2O2/c22-15-17-10-8-16(9-11-17)12-13-21(24)23-18-4-3-7-20(14-18)25-19-5-1-2-6-19/h3-4,7-11,14,19H,1-2,5-6,12-13H2,(H,23,24). The van der Waals surface area contributed by atoms with Crippen molar-refractivity contribution in [1.82, 2.24) is 0 Å². The number of benzene rings is 2. The van der Waals surface area contributed by atoms with Crippen molar-refractivity contribution < 1.29 is 9.53 Å². The molecule has 2 aromatic carbocycles. The summed E-state index contributed by atoms with van der Waals surface area (Å²) >= 11 is 0. The van der Waals surface area contributed by atoms with Crippen LogP contribution in [0.3, 0.4) is 0 Å². The van der Waals surface area contributed by atoms with Crippen LogP contribution in [-0.2, 0) is 11.2 Å². The van der Waals surface area contributed by atoms with Gasteiger partial charge in [-0.05, 0) is 61.9 Å². The van der Waals surface area contributed by atoms with Crippen molar-refractivity contribution in [2.24, 2.45) is 0 Å². The number of nitrogens with one attached hydrogen (secondary N) is 1. The topological polar surface area (TPSA) is 62.1 Å². The third kappa shape index (κ3) is 5.09. The number of rotatable bonds is 6. The van der Waals surface area contributed by atoms with Crippen LogP contribution in [0.15, 0.2) is 48.5 Å². The summed E-state index contributed by atoms with van der Waals surface area (Å²) < 4.78 is 5.97. The Morgan fingerprint density at radius 2 is 1.92 bits per heavy atom. The van der Waals surface area contributed by atoms with Crippen LogP contribution < -0.4 is 10.1 Å². The van der Waals surface area contributed by atoms with E-state index in [-0.39, 0.29) is 5.91 Å². The molecule has 0 atom stereocenters.